The maximum Gasteiger partial charge on any atom is 0.261 e. The Labute approximate surface area is 149 Å². The van der Waals surface area contributed by atoms with Gasteiger partial charge in [-0.15, -0.1) is 0 Å². The van der Waals surface area contributed by atoms with Crippen molar-refractivity contribution in [3.63, 3.8) is 0 Å². The fourth-order valence-corrected chi connectivity index (χ4v) is 3.89. The number of anilines is 2. The second-order valence-electron chi connectivity index (χ2n) is 5.69. The maximum atomic E-state index is 12.6. The van der Waals surface area contributed by atoms with Crippen LogP contribution in [-0.4, -0.2) is 21.5 Å². The first-order chi connectivity index (χ1) is 11.3. The van der Waals surface area contributed by atoms with Crippen LogP contribution in [0.15, 0.2) is 41.3 Å². The van der Waals surface area contributed by atoms with E-state index in [0.29, 0.717) is 10.7 Å². The lowest BCUT2D eigenvalue weighted by atomic mass is 10.1. The standard InChI is InChI=1S/C18H23ClN2O2S/c1-5-21(6-2)15-8-10-18(14(4)11-15)20-24(22,23)16-9-7-13(3)17(19)12-16/h7-12,20H,5-6H2,1-4H3. The molecule has 4 nitrogen and oxygen atoms in total. The smallest absolute Gasteiger partial charge is 0.261 e. The van der Waals surface area contributed by atoms with Crippen LogP contribution in [0.2, 0.25) is 5.02 Å². The van der Waals surface area contributed by atoms with E-state index in [2.05, 4.69) is 23.5 Å². The molecule has 0 saturated heterocycles. The Morgan fingerprint density at radius 3 is 2.21 bits per heavy atom. The molecule has 0 bridgehead atoms. The van der Waals surface area contributed by atoms with Gasteiger partial charge in [0.25, 0.3) is 10.0 Å². The van der Waals surface area contributed by atoms with Crippen molar-refractivity contribution in [2.24, 2.45) is 0 Å². The molecular weight excluding hydrogens is 344 g/mol. The molecular formula is C18H23ClN2O2S. The van der Waals surface area contributed by atoms with Gasteiger partial charge >= 0.3 is 0 Å². The Morgan fingerprint density at radius 1 is 1.00 bits per heavy atom. The number of sulfonamides is 1. The lowest BCUT2D eigenvalue weighted by Gasteiger charge is -2.22. The first-order valence-corrected chi connectivity index (χ1v) is 9.79. The number of halogens is 1. The van der Waals surface area contributed by atoms with Crippen molar-refractivity contribution < 1.29 is 8.42 Å². The molecule has 0 saturated carbocycles. The highest BCUT2D eigenvalue weighted by molar-refractivity contribution is 7.92. The number of hydrogen-bond donors (Lipinski definition) is 1. The number of aryl methyl sites for hydroxylation is 2. The van der Waals surface area contributed by atoms with Crippen molar-refractivity contribution in [2.75, 3.05) is 22.7 Å². The van der Waals surface area contributed by atoms with Gasteiger partial charge in [0, 0.05) is 23.8 Å². The molecule has 0 aromatic heterocycles. The zero-order valence-corrected chi connectivity index (χ0v) is 16.0. The number of nitrogens with zero attached hydrogens (tertiary/aromatic N) is 1. The van der Waals surface area contributed by atoms with Gasteiger partial charge in [-0.1, -0.05) is 17.7 Å². The summed E-state index contributed by atoms with van der Waals surface area (Å²) >= 11 is 6.04. The molecule has 6 heteroatoms. The van der Waals surface area contributed by atoms with E-state index in [0.717, 1.165) is 29.9 Å². The third kappa shape index (κ3) is 4.02. The van der Waals surface area contributed by atoms with E-state index in [1.165, 1.54) is 6.07 Å². The summed E-state index contributed by atoms with van der Waals surface area (Å²) in [6, 6.07) is 10.5. The van der Waals surface area contributed by atoms with E-state index in [1.54, 1.807) is 18.2 Å². The van der Waals surface area contributed by atoms with Gasteiger partial charge in [-0.05, 0) is 69.2 Å². The van der Waals surface area contributed by atoms with Crippen LogP contribution < -0.4 is 9.62 Å². The van der Waals surface area contributed by atoms with Crippen LogP contribution in [0.5, 0.6) is 0 Å². The van der Waals surface area contributed by atoms with Crippen LogP contribution in [0.25, 0.3) is 0 Å². The fourth-order valence-electron chi connectivity index (χ4n) is 2.49. The molecule has 0 aliphatic carbocycles. The summed E-state index contributed by atoms with van der Waals surface area (Å²) in [5, 5.41) is 0.437. The lowest BCUT2D eigenvalue weighted by Crippen LogP contribution is -2.22. The van der Waals surface area contributed by atoms with Gasteiger partial charge < -0.3 is 4.90 Å². The van der Waals surface area contributed by atoms with E-state index < -0.39 is 10.0 Å². The van der Waals surface area contributed by atoms with Gasteiger partial charge in [-0.3, -0.25) is 4.72 Å². The van der Waals surface area contributed by atoms with Crippen molar-refractivity contribution in [3.05, 3.63) is 52.5 Å². The minimum Gasteiger partial charge on any atom is -0.372 e. The van der Waals surface area contributed by atoms with Crippen LogP contribution in [0, 0.1) is 13.8 Å². The molecule has 2 aromatic carbocycles. The largest absolute Gasteiger partial charge is 0.372 e. The summed E-state index contributed by atoms with van der Waals surface area (Å²) in [6.07, 6.45) is 0. The molecule has 0 aliphatic rings. The molecule has 2 rings (SSSR count). The molecule has 0 radical (unpaired) electrons. The van der Waals surface area contributed by atoms with Gasteiger partial charge in [-0.25, -0.2) is 8.42 Å². The maximum absolute atomic E-state index is 12.6. The highest BCUT2D eigenvalue weighted by atomic mass is 35.5. The first kappa shape index (κ1) is 18.6. The van der Waals surface area contributed by atoms with Gasteiger partial charge in [-0.2, -0.15) is 0 Å². The number of benzene rings is 2. The summed E-state index contributed by atoms with van der Waals surface area (Å²) in [5.41, 5.74) is 3.37. The minimum absolute atomic E-state index is 0.158. The van der Waals surface area contributed by atoms with Crippen LogP contribution in [0.3, 0.4) is 0 Å². The van der Waals surface area contributed by atoms with Gasteiger partial charge in [0.15, 0.2) is 0 Å². The molecule has 0 atom stereocenters. The summed E-state index contributed by atoms with van der Waals surface area (Å²) in [5.74, 6) is 0. The topological polar surface area (TPSA) is 49.4 Å². The van der Waals surface area contributed by atoms with Gasteiger partial charge in [0.05, 0.1) is 10.6 Å². The zero-order chi connectivity index (χ0) is 17.9. The van der Waals surface area contributed by atoms with Crippen molar-refractivity contribution in [1.82, 2.24) is 0 Å². The van der Waals surface area contributed by atoms with Gasteiger partial charge in [0.2, 0.25) is 0 Å². The Balaban J connectivity index is 2.31. The fraction of sp³-hybridized carbons (Fsp3) is 0.333. The highest BCUT2D eigenvalue weighted by Crippen LogP contribution is 2.26. The molecule has 0 aliphatic heterocycles. The molecule has 0 heterocycles. The molecule has 0 fully saturated rings. The van der Waals surface area contributed by atoms with Crippen molar-refractivity contribution in [2.45, 2.75) is 32.6 Å². The average molecular weight is 367 g/mol. The SMILES string of the molecule is CCN(CC)c1ccc(NS(=O)(=O)c2ccc(C)c(Cl)c2)c(C)c1. The molecule has 1 N–H and O–H groups in total. The van der Waals surface area contributed by atoms with Crippen molar-refractivity contribution in [1.29, 1.82) is 0 Å². The second kappa shape index (κ2) is 7.45. The highest BCUT2D eigenvalue weighted by Gasteiger charge is 2.17. The monoisotopic (exact) mass is 366 g/mol. The van der Waals surface area contributed by atoms with Gasteiger partial charge in [0.1, 0.15) is 0 Å². The average Bonchev–Trinajstić information content (AvgIpc) is 2.53. The molecule has 24 heavy (non-hydrogen) atoms. The van der Waals surface area contributed by atoms with Crippen LogP contribution >= 0.6 is 11.6 Å². The van der Waals surface area contributed by atoms with E-state index in [9.17, 15) is 8.42 Å². The molecule has 0 amide bonds. The molecule has 2 aromatic rings. The van der Waals surface area contributed by atoms with E-state index in [1.807, 2.05) is 26.0 Å². The number of nitrogens with one attached hydrogen (secondary N) is 1. The summed E-state index contributed by atoms with van der Waals surface area (Å²) < 4.78 is 27.8. The number of rotatable bonds is 6. The molecule has 130 valence electrons. The van der Waals surface area contributed by atoms with Crippen molar-refractivity contribution >= 4 is 33.0 Å². The van der Waals surface area contributed by atoms with Crippen molar-refractivity contribution in [3.8, 4) is 0 Å². The Bertz CT molecular complexity index is 831. The van der Waals surface area contributed by atoms with Crippen LogP contribution in [-0.2, 0) is 10.0 Å². The van der Waals surface area contributed by atoms with E-state index in [4.69, 9.17) is 11.6 Å². The number of hydrogen-bond acceptors (Lipinski definition) is 3. The molecule has 0 spiro atoms. The third-order valence-corrected chi connectivity index (χ3v) is 5.81. The lowest BCUT2D eigenvalue weighted by molar-refractivity contribution is 0.601. The summed E-state index contributed by atoms with van der Waals surface area (Å²) in [6.45, 7) is 9.73. The second-order valence-corrected chi connectivity index (χ2v) is 7.78. The normalized spacial score (nSPS) is 11.4. The minimum atomic E-state index is -3.67. The van der Waals surface area contributed by atoms with Crippen LogP contribution in [0.1, 0.15) is 25.0 Å². The quantitative estimate of drug-likeness (QED) is 0.812. The zero-order valence-electron chi connectivity index (χ0n) is 14.4. The molecule has 0 unspecified atom stereocenters. The predicted molar refractivity (Wildman–Crippen MR) is 102 cm³/mol. The van der Waals surface area contributed by atoms with Crippen LogP contribution in [0.4, 0.5) is 11.4 Å². The third-order valence-electron chi connectivity index (χ3n) is 4.04. The first-order valence-electron chi connectivity index (χ1n) is 7.93. The van der Waals surface area contributed by atoms with E-state index in [-0.39, 0.29) is 4.90 Å². The Hall–Kier alpha value is -1.72. The predicted octanol–water partition coefficient (Wildman–Crippen LogP) is 4.60. The Morgan fingerprint density at radius 2 is 1.67 bits per heavy atom. The summed E-state index contributed by atoms with van der Waals surface area (Å²) in [7, 11) is -3.67. The Kier molecular flexibility index (Phi) is 5.78. The van der Waals surface area contributed by atoms with E-state index >= 15 is 0 Å². The summed E-state index contributed by atoms with van der Waals surface area (Å²) in [4.78, 5) is 2.37.